The second kappa shape index (κ2) is 7.83. The first-order valence-electron chi connectivity index (χ1n) is 9.72. The number of fused-ring (bicyclic) bond motifs is 2. The summed E-state index contributed by atoms with van der Waals surface area (Å²) in [5, 5.41) is 5.51. The molecular formula is C22H22N2O4S. The summed E-state index contributed by atoms with van der Waals surface area (Å²) in [6.45, 7) is 0.526. The minimum absolute atomic E-state index is 0.0142. The number of allylic oxidation sites excluding steroid dienone is 1. The average Bonchev–Trinajstić information content (AvgIpc) is 2.81. The third kappa shape index (κ3) is 3.82. The van der Waals surface area contributed by atoms with Crippen LogP contribution in [0.2, 0.25) is 0 Å². The maximum Gasteiger partial charge on any atom is 0.257 e. The van der Waals surface area contributed by atoms with E-state index in [-0.39, 0.29) is 26.9 Å². The van der Waals surface area contributed by atoms with Gasteiger partial charge >= 0.3 is 0 Å². The van der Waals surface area contributed by atoms with E-state index in [9.17, 15) is 18.0 Å². The molecule has 150 valence electrons. The van der Waals surface area contributed by atoms with Crippen molar-refractivity contribution in [2.24, 2.45) is 0 Å². The van der Waals surface area contributed by atoms with Crippen LogP contribution in [0.1, 0.15) is 52.8 Å². The van der Waals surface area contributed by atoms with Gasteiger partial charge < -0.3 is 10.6 Å². The molecule has 0 fully saturated rings. The molecule has 0 bridgehead atoms. The van der Waals surface area contributed by atoms with Crippen LogP contribution in [0, 0.1) is 0 Å². The smallest absolute Gasteiger partial charge is 0.257 e. The van der Waals surface area contributed by atoms with Gasteiger partial charge in [-0.05, 0) is 62.4 Å². The molecule has 0 aromatic heterocycles. The van der Waals surface area contributed by atoms with Gasteiger partial charge in [0.2, 0.25) is 9.84 Å². The van der Waals surface area contributed by atoms with Crippen LogP contribution in [-0.4, -0.2) is 26.8 Å². The number of hydrogen-bond acceptors (Lipinski definition) is 4. The van der Waals surface area contributed by atoms with Crippen molar-refractivity contribution >= 4 is 27.3 Å². The fourth-order valence-corrected chi connectivity index (χ4v) is 5.36. The first-order chi connectivity index (χ1) is 14.0. The molecule has 2 amide bonds. The van der Waals surface area contributed by atoms with Crippen molar-refractivity contribution in [2.45, 2.75) is 41.9 Å². The topological polar surface area (TPSA) is 92.3 Å². The Balaban J connectivity index is 1.56. The summed E-state index contributed by atoms with van der Waals surface area (Å²) in [5.41, 5.74) is 1.89. The highest BCUT2D eigenvalue weighted by Crippen LogP contribution is 2.34. The predicted molar refractivity (Wildman–Crippen MR) is 110 cm³/mol. The lowest BCUT2D eigenvalue weighted by Crippen LogP contribution is -2.25. The van der Waals surface area contributed by atoms with Gasteiger partial charge in [-0.15, -0.1) is 0 Å². The Bertz CT molecular complexity index is 1120. The quantitative estimate of drug-likeness (QED) is 0.752. The van der Waals surface area contributed by atoms with Crippen LogP contribution in [0.15, 0.2) is 63.9 Å². The van der Waals surface area contributed by atoms with E-state index >= 15 is 0 Å². The molecule has 0 saturated heterocycles. The molecule has 29 heavy (non-hydrogen) atoms. The van der Waals surface area contributed by atoms with Crippen molar-refractivity contribution in [2.75, 3.05) is 11.9 Å². The minimum atomic E-state index is -3.87. The van der Waals surface area contributed by atoms with E-state index in [0.717, 1.165) is 19.3 Å². The van der Waals surface area contributed by atoms with Gasteiger partial charge in [-0.1, -0.05) is 23.8 Å². The average molecular weight is 410 g/mol. The second-order valence-electron chi connectivity index (χ2n) is 7.28. The molecule has 2 aliphatic rings. The lowest BCUT2D eigenvalue weighted by atomic mass is 9.97. The number of anilines is 1. The Morgan fingerprint density at radius 3 is 2.69 bits per heavy atom. The fourth-order valence-electron chi connectivity index (χ4n) is 3.77. The molecule has 2 aromatic carbocycles. The highest BCUT2D eigenvalue weighted by molar-refractivity contribution is 7.91. The first kappa shape index (κ1) is 19.4. The Morgan fingerprint density at radius 2 is 1.90 bits per heavy atom. The summed E-state index contributed by atoms with van der Waals surface area (Å²) in [5.74, 6) is -0.803. The van der Waals surface area contributed by atoms with Crippen LogP contribution < -0.4 is 10.6 Å². The Labute approximate surface area is 169 Å². The molecule has 7 heteroatoms. The zero-order valence-corrected chi connectivity index (χ0v) is 16.7. The third-order valence-electron chi connectivity index (χ3n) is 5.32. The van der Waals surface area contributed by atoms with Crippen LogP contribution in [0.3, 0.4) is 0 Å². The molecule has 1 aliphatic heterocycles. The molecule has 1 aliphatic carbocycles. The summed E-state index contributed by atoms with van der Waals surface area (Å²) >= 11 is 0. The lowest BCUT2D eigenvalue weighted by Gasteiger charge is -2.13. The van der Waals surface area contributed by atoms with Crippen molar-refractivity contribution in [1.29, 1.82) is 0 Å². The van der Waals surface area contributed by atoms with E-state index in [1.54, 1.807) is 12.1 Å². The Kier molecular flexibility index (Phi) is 5.24. The van der Waals surface area contributed by atoms with Gasteiger partial charge in [-0.25, -0.2) is 8.42 Å². The molecule has 0 atom stereocenters. The second-order valence-corrected chi connectivity index (χ2v) is 9.17. The van der Waals surface area contributed by atoms with Crippen molar-refractivity contribution in [3.8, 4) is 0 Å². The predicted octanol–water partition coefficient (Wildman–Crippen LogP) is 3.71. The van der Waals surface area contributed by atoms with E-state index in [1.807, 2.05) is 0 Å². The van der Waals surface area contributed by atoms with Crippen molar-refractivity contribution < 1.29 is 18.0 Å². The van der Waals surface area contributed by atoms with Crippen molar-refractivity contribution in [3.63, 3.8) is 0 Å². The minimum Gasteiger partial charge on any atom is -0.352 e. The molecule has 0 spiro atoms. The van der Waals surface area contributed by atoms with E-state index in [2.05, 4.69) is 16.7 Å². The molecule has 2 N–H and O–H groups in total. The number of benzene rings is 2. The van der Waals surface area contributed by atoms with Gasteiger partial charge in [0.15, 0.2) is 0 Å². The lowest BCUT2D eigenvalue weighted by molar-refractivity contribution is 0.0952. The van der Waals surface area contributed by atoms with Gasteiger partial charge in [-0.2, -0.15) is 0 Å². The fraction of sp³-hybridized carbons (Fsp3) is 0.273. The number of hydrogen-bond donors (Lipinski definition) is 2. The number of carbonyl (C=O) groups is 2. The summed E-state index contributed by atoms with van der Waals surface area (Å²) < 4.78 is 26.0. The molecular weight excluding hydrogens is 388 g/mol. The summed E-state index contributed by atoms with van der Waals surface area (Å²) in [7, 11) is -3.87. The summed E-state index contributed by atoms with van der Waals surface area (Å²) in [6, 6.07) is 10.4. The van der Waals surface area contributed by atoms with Crippen LogP contribution in [0.4, 0.5) is 5.69 Å². The standard InChI is InChI=1S/C22H22N2O4S/c25-21(23-13-12-15-6-2-1-3-7-15)16-10-11-20-18(14-16)24-22(26)17-8-4-5-9-19(17)29(20,27)28/h4-6,8-11,14H,1-3,7,12-13H2,(H,23,25)(H,24,26). The largest absolute Gasteiger partial charge is 0.352 e. The monoisotopic (exact) mass is 410 g/mol. The zero-order valence-electron chi connectivity index (χ0n) is 15.9. The molecule has 4 rings (SSSR count). The van der Waals surface area contributed by atoms with Gasteiger partial charge in [0.1, 0.15) is 0 Å². The number of carbonyl (C=O) groups excluding carboxylic acids is 2. The molecule has 6 nitrogen and oxygen atoms in total. The number of rotatable bonds is 4. The van der Waals surface area contributed by atoms with Crippen molar-refractivity contribution in [3.05, 3.63) is 65.2 Å². The van der Waals surface area contributed by atoms with Crippen LogP contribution in [0.25, 0.3) is 0 Å². The van der Waals surface area contributed by atoms with Gasteiger partial charge in [0.25, 0.3) is 11.8 Å². The maximum absolute atomic E-state index is 13.0. The van der Waals surface area contributed by atoms with Crippen molar-refractivity contribution in [1.82, 2.24) is 5.32 Å². The number of nitrogens with one attached hydrogen (secondary N) is 2. The van der Waals surface area contributed by atoms with Gasteiger partial charge in [0.05, 0.1) is 21.0 Å². The highest BCUT2D eigenvalue weighted by Gasteiger charge is 2.31. The molecule has 2 aromatic rings. The highest BCUT2D eigenvalue weighted by atomic mass is 32.2. The zero-order chi connectivity index (χ0) is 20.4. The summed E-state index contributed by atoms with van der Waals surface area (Å²) in [4.78, 5) is 25.0. The van der Waals surface area contributed by atoms with E-state index in [1.165, 1.54) is 48.7 Å². The van der Waals surface area contributed by atoms with E-state index in [0.29, 0.717) is 12.1 Å². The first-order valence-corrected chi connectivity index (χ1v) is 11.2. The molecule has 0 unspecified atom stereocenters. The van der Waals surface area contributed by atoms with Gasteiger partial charge in [0, 0.05) is 12.1 Å². The van der Waals surface area contributed by atoms with E-state index in [4.69, 9.17) is 0 Å². The van der Waals surface area contributed by atoms with E-state index < -0.39 is 15.7 Å². The number of sulfone groups is 1. The third-order valence-corrected chi connectivity index (χ3v) is 7.19. The number of amides is 2. The summed E-state index contributed by atoms with van der Waals surface area (Å²) in [6.07, 6.45) is 7.67. The Morgan fingerprint density at radius 1 is 1.07 bits per heavy atom. The maximum atomic E-state index is 13.0. The van der Waals surface area contributed by atoms with Gasteiger partial charge in [-0.3, -0.25) is 9.59 Å². The van der Waals surface area contributed by atoms with Crippen LogP contribution >= 0.6 is 0 Å². The molecule has 1 heterocycles. The molecule has 0 radical (unpaired) electrons. The van der Waals surface area contributed by atoms with Crippen LogP contribution in [0.5, 0.6) is 0 Å². The molecule has 0 saturated carbocycles. The normalized spacial score (nSPS) is 17.2. The SMILES string of the molecule is O=C(NCCC1=CCCCC1)c1ccc2c(c1)NC(=O)c1ccccc1S2(=O)=O. The Hall–Kier alpha value is -2.93. The van der Waals surface area contributed by atoms with Crippen LogP contribution in [-0.2, 0) is 9.84 Å².